The molecule has 1 aromatic carbocycles. The first-order valence-electron chi connectivity index (χ1n) is 8.00. The van der Waals surface area contributed by atoms with Crippen LogP contribution in [0.1, 0.15) is 19.4 Å². The fraction of sp³-hybridized carbons (Fsp3) is 0.588. The van der Waals surface area contributed by atoms with E-state index < -0.39 is 12.0 Å². The Balaban J connectivity index is 2.16. The number of methoxy groups -OCH3 is 1. The number of ether oxygens (including phenoxy) is 2. The first-order valence-corrected chi connectivity index (χ1v) is 8.38. The van der Waals surface area contributed by atoms with Crippen molar-refractivity contribution in [2.24, 2.45) is 0 Å². The van der Waals surface area contributed by atoms with Crippen LogP contribution in [-0.4, -0.2) is 66.8 Å². The molecule has 7 heteroatoms. The fourth-order valence-electron chi connectivity index (χ4n) is 2.79. The zero-order valence-corrected chi connectivity index (χ0v) is 15.3. The van der Waals surface area contributed by atoms with Crippen LogP contribution in [0.15, 0.2) is 12.1 Å². The Morgan fingerprint density at radius 3 is 2.67 bits per heavy atom. The molecule has 1 aliphatic rings. The maximum Gasteiger partial charge on any atom is 0.322 e. The lowest BCUT2D eigenvalue weighted by Crippen LogP contribution is -2.54. The van der Waals surface area contributed by atoms with E-state index in [9.17, 15) is 9.90 Å². The van der Waals surface area contributed by atoms with E-state index in [0.29, 0.717) is 36.2 Å². The van der Waals surface area contributed by atoms with Crippen LogP contribution in [0.2, 0.25) is 5.02 Å². The van der Waals surface area contributed by atoms with Crippen LogP contribution < -0.4 is 9.47 Å². The number of hydrogen-bond acceptors (Lipinski definition) is 5. The number of piperazine rings is 1. The highest BCUT2D eigenvalue weighted by Crippen LogP contribution is 2.34. The number of carbonyl (C=O) groups is 1. The van der Waals surface area contributed by atoms with Gasteiger partial charge in [-0.1, -0.05) is 11.6 Å². The van der Waals surface area contributed by atoms with Crippen LogP contribution in [0, 0.1) is 0 Å². The molecule has 1 N–H and O–H groups in total. The lowest BCUT2D eigenvalue weighted by atomic mass is 10.1. The SMILES string of the molecule is COc1cc(CN2CCN(C)[C@H](C(=O)O)C2)c(Cl)cc1OC(C)C. The van der Waals surface area contributed by atoms with E-state index in [1.165, 1.54) is 0 Å². The fourth-order valence-corrected chi connectivity index (χ4v) is 3.00. The lowest BCUT2D eigenvalue weighted by Gasteiger charge is -2.37. The highest BCUT2D eigenvalue weighted by molar-refractivity contribution is 6.31. The number of rotatable bonds is 6. The predicted octanol–water partition coefficient (Wildman–Crippen LogP) is 2.34. The smallest absolute Gasteiger partial charge is 0.322 e. The second-order valence-corrected chi connectivity index (χ2v) is 6.74. The van der Waals surface area contributed by atoms with Gasteiger partial charge in [-0.15, -0.1) is 0 Å². The Hall–Kier alpha value is -1.50. The molecule has 0 amide bonds. The average molecular weight is 357 g/mol. The Morgan fingerprint density at radius 2 is 2.08 bits per heavy atom. The van der Waals surface area contributed by atoms with Crippen molar-refractivity contribution in [1.29, 1.82) is 0 Å². The number of benzene rings is 1. The molecule has 0 aliphatic carbocycles. The number of hydrogen-bond donors (Lipinski definition) is 1. The summed E-state index contributed by atoms with van der Waals surface area (Å²) in [4.78, 5) is 15.3. The van der Waals surface area contributed by atoms with Gasteiger partial charge >= 0.3 is 5.97 Å². The molecule has 2 rings (SSSR count). The molecular formula is C17H25ClN2O4. The Bertz CT molecular complexity index is 594. The highest BCUT2D eigenvalue weighted by atomic mass is 35.5. The zero-order valence-electron chi connectivity index (χ0n) is 14.6. The van der Waals surface area contributed by atoms with Crippen LogP contribution in [0.5, 0.6) is 11.5 Å². The molecule has 0 aromatic heterocycles. The van der Waals surface area contributed by atoms with Crippen molar-refractivity contribution in [3.63, 3.8) is 0 Å². The summed E-state index contributed by atoms with van der Waals surface area (Å²) >= 11 is 6.40. The maximum atomic E-state index is 11.3. The summed E-state index contributed by atoms with van der Waals surface area (Å²) in [6.07, 6.45) is 0.0229. The van der Waals surface area contributed by atoms with Gasteiger partial charge in [-0.3, -0.25) is 14.6 Å². The molecule has 1 fully saturated rings. The minimum atomic E-state index is -0.799. The molecule has 1 aliphatic heterocycles. The summed E-state index contributed by atoms with van der Waals surface area (Å²) in [6, 6.07) is 3.14. The van der Waals surface area contributed by atoms with Gasteiger partial charge in [0.05, 0.1) is 13.2 Å². The molecule has 0 radical (unpaired) electrons. The van der Waals surface area contributed by atoms with E-state index in [-0.39, 0.29) is 6.10 Å². The monoisotopic (exact) mass is 356 g/mol. The number of nitrogens with zero attached hydrogens (tertiary/aromatic N) is 2. The molecular weight excluding hydrogens is 332 g/mol. The summed E-state index contributed by atoms with van der Waals surface area (Å²) in [5.41, 5.74) is 0.901. The molecule has 1 saturated heterocycles. The van der Waals surface area contributed by atoms with Gasteiger partial charge in [-0.25, -0.2) is 0 Å². The third kappa shape index (κ3) is 4.53. The molecule has 0 saturated carbocycles. The summed E-state index contributed by atoms with van der Waals surface area (Å²) in [5.74, 6) is 0.446. The first-order chi connectivity index (χ1) is 11.3. The van der Waals surface area contributed by atoms with E-state index in [0.717, 1.165) is 12.1 Å². The molecule has 24 heavy (non-hydrogen) atoms. The largest absolute Gasteiger partial charge is 0.493 e. The maximum absolute atomic E-state index is 11.3. The van der Waals surface area contributed by atoms with Crippen molar-refractivity contribution in [3.05, 3.63) is 22.7 Å². The van der Waals surface area contributed by atoms with Gasteiger partial charge < -0.3 is 14.6 Å². The van der Waals surface area contributed by atoms with E-state index in [4.69, 9.17) is 21.1 Å². The van der Waals surface area contributed by atoms with Crippen LogP contribution in [0.4, 0.5) is 0 Å². The summed E-state index contributed by atoms with van der Waals surface area (Å²) in [6.45, 7) is 6.43. The second kappa shape index (κ2) is 8.05. The third-order valence-corrected chi connectivity index (χ3v) is 4.46. The molecule has 6 nitrogen and oxygen atoms in total. The van der Waals surface area contributed by atoms with Crippen molar-refractivity contribution < 1.29 is 19.4 Å². The van der Waals surface area contributed by atoms with Crippen LogP contribution in [0.3, 0.4) is 0 Å². The van der Waals surface area contributed by atoms with Gasteiger partial charge in [-0.05, 0) is 32.5 Å². The molecule has 1 aromatic rings. The first kappa shape index (κ1) is 18.8. The van der Waals surface area contributed by atoms with Gasteiger partial charge in [0.15, 0.2) is 11.5 Å². The van der Waals surface area contributed by atoms with E-state index in [1.54, 1.807) is 13.2 Å². The van der Waals surface area contributed by atoms with E-state index >= 15 is 0 Å². The van der Waals surface area contributed by atoms with E-state index in [1.807, 2.05) is 31.9 Å². The Morgan fingerprint density at radius 1 is 1.38 bits per heavy atom. The van der Waals surface area contributed by atoms with Crippen LogP contribution in [-0.2, 0) is 11.3 Å². The molecule has 0 bridgehead atoms. The van der Waals surface area contributed by atoms with E-state index in [2.05, 4.69) is 4.90 Å². The van der Waals surface area contributed by atoms with Gasteiger partial charge in [0.1, 0.15) is 6.04 Å². The molecule has 134 valence electrons. The zero-order chi connectivity index (χ0) is 17.9. The van der Waals surface area contributed by atoms with Crippen molar-refractivity contribution in [1.82, 2.24) is 9.80 Å². The molecule has 1 atom stereocenters. The average Bonchev–Trinajstić information content (AvgIpc) is 2.50. The number of aliphatic carboxylic acids is 1. The highest BCUT2D eigenvalue weighted by Gasteiger charge is 2.30. The Labute approximate surface area is 147 Å². The predicted molar refractivity (Wildman–Crippen MR) is 93.1 cm³/mol. The summed E-state index contributed by atoms with van der Waals surface area (Å²) < 4.78 is 11.1. The molecule has 0 unspecified atom stereocenters. The lowest BCUT2D eigenvalue weighted by molar-refractivity contribution is -0.145. The number of carboxylic acid groups (broad SMARTS) is 1. The van der Waals surface area contributed by atoms with Crippen molar-refractivity contribution >= 4 is 17.6 Å². The molecule has 0 spiro atoms. The number of carboxylic acids is 1. The quantitative estimate of drug-likeness (QED) is 0.844. The number of likely N-dealkylation sites (N-methyl/N-ethyl adjacent to an activating group) is 1. The number of halogens is 1. The minimum Gasteiger partial charge on any atom is -0.493 e. The van der Waals surface area contributed by atoms with Crippen molar-refractivity contribution in [3.8, 4) is 11.5 Å². The normalized spacial score (nSPS) is 19.5. The van der Waals surface area contributed by atoms with Gasteiger partial charge in [-0.2, -0.15) is 0 Å². The van der Waals surface area contributed by atoms with Gasteiger partial charge in [0.2, 0.25) is 0 Å². The second-order valence-electron chi connectivity index (χ2n) is 6.33. The van der Waals surface area contributed by atoms with Crippen LogP contribution in [0.25, 0.3) is 0 Å². The third-order valence-electron chi connectivity index (χ3n) is 4.11. The standard InChI is InChI=1S/C17H25ClN2O4/c1-11(2)24-16-8-13(18)12(7-15(16)23-4)9-20-6-5-19(3)14(10-20)17(21)22/h7-8,11,14H,5-6,9-10H2,1-4H3,(H,21,22)/t14-/m0/s1. The molecule has 1 heterocycles. The van der Waals surface area contributed by atoms with Crippen molar-refractivity contribution in [2.75, 3.05) is 33.8 Å². The summed E-state index contributed by atoms with van der Waals surface area (Å²) in [5, 5.41) is 9.91. The van der Waals surface area contributed by atoms with Gasteiger partial charge in [0, 0.05) is 37.3 Å². The van der Waals surface area contributed by atoms with Gasteiger partial charge in [0.25, 0.3) is 0 Å². The summed E-state index contributed by atoms with van der Waals surface area (Å²) in [7, 11) is 3.43. The Kier molecular flexibility index (Phi) is 6.32. The van der Waals surface area contributed by atoms with Crippen molar-refractivity contribution in [2.45, 2.75) is 32.5 Å². The minimum absolute atomic E-state index is 0.0229. The topological polar surface area (TPSA) is 62.2 Å². The van der Waals surface area contributed by atoms with Crippen LogP contribution >= 0.6 is 11.6 Å².